The van der Waals surface area contributed by atoms with E-state index in [1.165, 1.54) is 19.2 Å². The normalized spacial score (nSPS) is 12.1. The van der Waals surface area contributed by atoms with Crippen LogP contribution in [0.1, 0.15) is 11.5 Å². The number of halogens is 1. The molecule has 0 saturated carbocycles. The van der Waals surface area contributed by atoms with Crippen LogP contribution in [0.2, 0.25) is 0 Å². The summed E-state index contributed by atoms with van der Waals surface area (Å²) in [6, 6.07) is 10.4. The first-order valence-electron chi connectivity index (χ1n) is 8.60. The van der Waals surface area contributed by atoms with Gasteiger partial charge in [0.15, 0.2) is 0 Å². The Kier molecular flexibility index (Phi) is 6.58. The highest BCUT2D eigenvalue weighted by atomic mass is 32.2. The van der Waals surface area contributed by atoms with Gasteiger partial charge in [0.1, 0.15) is 22.3 Å². The van der Waals surface area contributed by atoms with Gasteiger partial charge in [-0.2, -0.15) is 9.98 Å². The maximum absolute atomic E-state index is 14.5. The van der Waals surface area contributed by atoms with Crippen molar-refractivity contribution in [2.75, 3.05) is 13.4 Å². The Morgan fingerprint density at radius 1 is 1.23 bits per heavy atom. The number of benzene rings is 2. The number of aromatic nitrogens is 2. The van der Waals surface area contributed by atoms with Gasteiger partial charge in [-0.1, -0.05) is 5.16 Å². The molecule has 2 aromatic carbocycles. The fraction of sp³-hybridized carbons (Fsp3) is 0.150. The van der Waals surface area contributed by atoms with Crippen molar-refractivity contribution in [3.8, 4) is 17.1 Å². The van der Waals surface area contributed by atoms with Gasteiger partial charge in [0.2, 0.25) is 11.7 Å². The predicted octanol–water partition coefficient (Wildman–Crippen LogP) is 4.54. The lowest BCUT2D eigenvalue weighted by molar-refractivity contribution is 0.183. The number of carbonyl (C=O) groups excluding carboxylic acids is 1. The van der Waals surface area contributed by atoms with Crippen LogP contribution in [0.15, 0.2) is 57.0 Å². The molecule has 1 aromatic heterocycles. The number of rotatable bonds is 4. The van der Waals surface area contributed by atoms with E-state index in [1.807, 2.05) is 0 Å². The quantitative estimate of drug-likeness (QED) is 0.480. The van der Waals surface area contributed by atoms with Crippen molar-refractivity contribution in [3.05, 3.63) is 59.7 Å². The minimum atomic E-state index is -0.851. The summed E-state index contributed by atoms with van der Waals surface area (Å²) in [7, 11) is 1.19. The number of amides is 1. The van der Waals surface area contributed by atoms with Crippen molar-refractivity contribution < 1.29 is 23.6 Å². The molecule has 0 aliphatic heterocycles. The molecule has 0 atom stereocenters. The Morgan fingerprint density at radius 2 is 1.97 bits per heavy atom. The first kappa shape index (κ1) is 21.2. The molecule has 0 spiro atoms. The molecule has 8 nitrogen and oxygen atoms in total. The average Bonchev–Trinajstić information content (AvgIpc) is 3.19. The lowest BCUT2D eigenvalue weighted by Gasteiger charge is -2.10. The van der Waals surface area contributed by atoms with Crippen LogP contribution in [-0.4, -0.2) is 45.5 Å². The number of phenolic OH excluding ortho intramolecular Hbond substituents is 1. The second-order valence-electron chi connectivity index (χ2n) is 5.90. The van der Waals surface area contributed by atoms with Gasteiger partial charge in [0, 0.05) is 18.1 Å². The van der Waals surface area contributed by atoms with Gasteiger partial charge in [-0.25, -0.2) is 14.2 Å². The van der Waals surface area contributed by atoms with Gasteiger partial charge in [-0.3, -0.25) is 0 Å². The van der Waals surface area contributed by atoms with Crippen LogP contribution in [0.4, 0.5) is 14.9 Å². The van der Waals surface area contributed by atoms with Crippen molar-refractivity contribution in [2.24, 2.45) is 9.98 Å². The monoisotopic (exact) mass is 428 g/mol. The van der Waals surface area contributed by atoms with Gasteiger partial charge in [-0.15, -0.1) is 11.8 Å². The van der Waals surface area contributed by atoms with Crippen molar-refractivity contribution >= 4 is 34.3 Å². The highest BCUT2D eigenvalue weighted by Gasteiger charge is 2.18. The summed E-state index contributed by atoms with van der Waals surface area (Å²) < 4.78 is 24.1. The zero-order valence-corrected chi connectivity index (χ0v) is 17.1. The van der Waals surface area contributed by atoms with E-state index in [0.717, 1.165) is 17.8 Å². The number of aromatic hydroxyl groups is 1. The van der Waals surface area contributed by atoms with Crippen molar-refractivity contribution in [3.63, 3.8) is 0 Å². The number of hydrogen-bond donors (Lipinski definition) is 1. The maximum Gasteiger partial charge on any atom is 0.434 e. The molecule has 0 radical (unpaired) electrons. The second kappa shape index (κ2) is 9.31. The van der Waals surface area contributed by atoms with E-state index in [-0.39, 0.29) is 22.1 Å². The summed E-state index contributed by atoms with van der Waals surface area (Å²) in [4.78, 5) is 24.1. The highest BCUT2D eigenvalue weighted by Crippen LogP contribution is 2.25. The standard InChI is InChI=1S/C20H17FN4O4S/c1-11-22-18(25-29-11)12-4-6-13(7-5-12)23-17(19(30-3)24-20(27)28-2)15-10-14(26)8-9-16(15)21/h4-10,26H,1-3H3. The minimum absolute atomic E-state index is 0.00938. The molecule has 3 aromatic rings. The number of carbonyl (C=O) groups is 1. The molecule has 0 aliphatic rings. The molecule has 0 aliphatic carbocycles. The number of methoxy groups -OCH3 is 1. The SMILES string of the molecule is COC(=O)N=C(SC)C(=Nc1ccc(-c2noc(C)n2)cc1)c1cc(O)ccc1F. The lowest BCUT2D eigenvalue weighted by atomic mass is 10.1. The predicted molar refractivity (Wildman–Crippen MR) is 112 cm³/mol. The Labute approximate surface area is 175 Å². The fourth-order valence-corrected chi connectivity index (χ4v) is 2.99. The number of ether oxygens (including phenoxy) is 1. The highest BCUT2D eigenvalue weighted by molar-refractivity contribution is 8.15. The van der Waals surface area contributed by atoms with E-state index in [2.05, 4.69) is 24.9 Å². The van der Waals surface area contributed by atoms with Crippen LogP contribution >= 0.6 is 11.8 Å². The molecule has 0 unspecified atom stereocenters. The van der Waals surface area contributed by atoms with E-state index >= 15 is 0 Å². The topological polar surface area (TPSA) is 110 Å². The molecule has 1 heterocycles. The zero-order chi connectivity index (χ0) is 21.7. The Bertz CT molecular complexity index is 1130. The summed E-state index contributed by atoms with van der Waals surface area (Å²) in [6.45, 7) is 1.69. The minimum Gasteiger partial charge on any atom is -0.508 e. The molecule has 154 valence electrons. The zero-order valence-electron chi connectivity index (χ0n) is 16.3. The van der Waals surface area contributed by atoms with E-state index in [0.29, 0.717) is 23.0 Å². The van der Waals surface area contributed by atoms with E-state index < -0.39 is 11.9 Å². The summed E-state index contributed by atoms with van der Waals surface area (Å²) in [6.07, 6.45) is 0.815. The molecule has 1 amide bonds. The molecule has 0 saturated heterocycles. The third kappa shape index (κ3) is 4.90. The molecular weight excluding hydrogens is 411 g/mol. The molecular formula is C20H17FN4O4S. The van der Waals surface area contributed by atoms with Crippen molar-refractivity contribution in [1.29, 1.82) is 0 Å². The molecule has 3 rings (SSSR count). The molecule has 0 fully saturated rings. The summed E-state index contributed by atoms with van der Waals surface area (Å²) in [5.41, 5.74) is 1.24. The fourth-order valence-electron chi connectivity index (χ4n) is 2.47. The van der Waals surface area contributed by atoms with Crippen LogP contribution in [0, 0.1) is 12.7 Å². The number of thioether (sulfide) groups is 1. The van der Waals surface area contributed by atoms with Crippen LogP contribution < -0.4 is 0 Å². The van der Waals surface area contributed by atoms with Gasteiger partial charge in [0.05, 0.1) is 12.8 Å². The third-order valence-corrected chi connectivity index (χ3v) is 4.53. The average molecular weight is 428 g/mol. The van der Waals surface area contributed by atoms with Crippen molar-refractivity contribution in [2.45, 2.75) is 6.92 Å². The van der Waals surface area contributed by atoms with Crippen LogP contribution in [0.3, 0.4) is 0 Å². The summed E-state index contributed by atoms with van der Waals surface area (Å²) >= 11 is 1.09. The molecule has 0 bridgehead atoms. The molecule has 30 heavy (non-hydrogen) atoms. The number of aliphatic imine (C=N–C) groups is 2. The largest absolute Gasteiger partial charge is 0.508 e. The van der Waals surface area contributed by atoms with Gasteiger partial charge in [-0.05, 0) is 48.7 Å². The van der Waals surface area contributed by atoms with Crippen molar-refractivity contribution in [1.82, 2.24) is 10.1 Å². The van der Waals surface area contributed by atoms with E-state index in [1.54, 1.807) is 37.4 Å². The van der Waals surface area contributed by atoms with E-state index in [9.17, 15) is 14.3 Å². The van der Waals surface area contributed by atoms with Crippen LogP contribution in [0.25, 0.3) is 11.4 Å². The Morgan fingerprint density at radius 3 is 2.57 bits per heavy atom. The second-order valence-corrected chi connectivity index (χ2v) is 6.69. The molecule has 10 heteroatoms. The Balaban J connectivity index is 2.09. The summed E-state index contributed by atoms with van der Waals surface area (Å²) in [5.74, 6) is 0.0919. The summed E-state index contributed by atoms with van der Waals surface area (Å²) in [5, 5.41) is 13.8. The number of nitrogens with zero attached hydrogens (tertiary/aromatic N) is 4. The number of aryl methyl sites for hydroxylation is 1. The van der Waals surface area contributed by atoms with Crippen LogP contribution in [0.5, 0.6) is 5.75 Å². The van der Waals surface area contributed by atoms with Gasteiger partial charge >= 0.3 is 6.09 Å². The number of phenols is 1. The first-order chi connectivity index (χ1) is 14.4. The smallest absolute Gasteiger partial charge is 0.434 e. The molecule has 1 N–H and O–H groups in total. The van der Waals surface area contributed by atoms with Gasteiger partial charge < -0.3 is 14.4 Å². The maximum atomic E-state index is 14.5. The van der Waals surface area contributed by atoms with E-state index in [4.69, 9.17) is 4.52 Å². The lowest BCUT2D eigenvalue weighted by Crippen LogP contribution is -2.16. The third-order valence-electron chi connectivity index (χ3n) is 3.86. The first-order valence-corrected chi connectivity index (χ1v) is 9.83. The van der Waals surface area contributed by atoms with Gasteiger partial charge in [0.25, 0.3) is 0 Å². The number of hydrogen-bond acceptors (Lipinski definition) is 8. The Hall–Kier alpha value is -3.53. The van der Waals surface area contributed by atoms with Crippen LogP contribution in [-0.2, 0) is 4.74 Å².